The molecule has 3 aromatic rings. The average Bonchev–Trinajstić information content (AvgIpc) is 3.44. The number of nitrogens with one attached hydrogen (secondary N) is 1. The van der Waals surface area contributed by atoms with Gasteiger partial charge in [0.25, 0.3) is 5.56 Å². The first kappa shape index (κ1) is 22.0. The lowest BCUT2D eigenvalue weighted by molar-refractivity contribution is -0.121. The highest BCUT2D eigenvalue weighted by Crippen LogP contribution is 2.33. The number of carbonyl (C=O) groups excluding carboxylic acids is 1. The summed E-state index contributed by atoms with van der Waals surface area (Å²) in [5.74, 6) is -1.58. The minimum absolute atomic E-state index is 0.0508. The fourth-order valence-electron chi connectivity index (χ4n) is 4.82. The number of thiophene rings is 1. The zero-order valence-electron chi connectivity index (χ0n) is 18.3. The van der Waals surface area contributed by atoms with Gasteiger partial charge in [-0.25, -0.2) is 13.8 Å². The molecule has 1 saturated heterocycles. The number of amides is 1. The molecular formula is C24H26F2N4O2S. The SMILES string of the molecule is O=C(CCn1cnc2sc3c(c2c1=O)CCCC3)NCC1CCN(c2ccc(F)c(F)c2)C1. The number of aromatic nitrogens is 2. The Morgan fingerprint density at radius 1 is 1.21 bits per heavy atom. The van der Waals surface area contributed by atoms with E-state index in [0.29, 0.717) is 25.3 Å². The Morgan fingerprint density at radius 2 is 2.06 bits per heavy atom. The highest BCUT2D eigenvalue weighted by atomic mass is 32.1. The predicted molar refractivity (Wildman–Crippen MR) is 125 cm³/mol. The van der Waals surface area contributed by atoms with Crippen LogP contribution in [0.15, 0.2) is 29.3 Å². The van der Waals surface area contributed by atoms with Crippen molar-refractivity contribution in [3.8, 4) is 0 Å². The van der Waals surface area contributed by atoms with E-state index in [2.05, 4.69) is 10.3 Å². The summed E-state index contributed by atoms with van der Waals surface area (Å²) in [6, 6.07) is 3.93. The number of carbonyl (C=O) groups is 1. The van der Waals surface area contributed by atoms with Gasteiger partial charge in [-0.3, -0.25) is 14.2 Å². The maximum atomic E-state index is 13.5. The van der Waals surface area contributed by atoms with Gasteiger partial charge in [0.2, 0.25) is 5.91 Å². The van der Waals surface area contributed by atoms with Gasteiger partial charge in [-0.2, -0.15) is 0 Å². The molecule has 1 aromatic carbocycles. The molecule has 1 N–H and O–H groups in total. The fraction of sp³-hybridized carbons (Fsp3) is 0.458. The van der Waals surface area contributed by atoms with E-state index in [1.165, 1.54) is 10.9 Å². The molecule has 9 heteroatoms. The Bertz CT molecular complexity index is 1260. The number of anilines is 1. The van der Waals surface area contributed by atoms with E-state index >= 15 is 0 Å². The molecule has 5 rings (SSSR count). The van der Waals surface area contributed by atoms with Crippen LogP contribution in [0.5, 0.6) is 0 Å². The van der Waals surface area contributed by atoms with E-state index in [4.69, 9.17) is 0 Å². The van der Waals surface area contributed by atoms with Gasteiger partial charge in [0.15, 0.2) is 11.6 Å². The molecule has 2 aliphatic rings. The Balaban J connectivity index is 1.15. The first-order chi connectivity index (χ1) is 16.0. The normalized spacial score (nSPS) is 18.0. The van der Waals surface area contributed by atoms with Crippen LogP contribution in [0.25, 0.3) is 10.2 Å². The van der Waals surface area contributed by atoms with Crippen LogP contribution in [0.3, 0.4) is 0 Å². The Kier molecular flexibility index (Phi) is 6.14. The lowest BCUT2D eigenvalue weighted by Gasteiger charge is -2.19. The van der Waals surface area contributed by atoms with Crippen LogP contribution in [-0.4, -0.2) is 35.1 Å². The molecule has 1 aliphatic heterocycles. The van der Waals surface area contributed by atoms with Crippen LogP contribution in [0.2, 0.25) is 0 Å². The number of rotatable bonds is 6. The molecule has 2 aromatic heterocycles. The molecular weight excluding hydrogens is 446 g/mol. The van der Waals surface area contributed by atoms with Crippen LogP contribution in [0.4, 0.5) is 14.5 Å². The first-order valence-electron chi connectivity index (χ1n) is 11.5. The zero-order chi connectivity index (χ0) is 22.9. The number of fused-ring (bicyclic) bond motifs is 3. The lowest BCUT2D eigenvalue weighted by atomic mass is 9.97. The predicted octanol–water partition coefficient (Wildman–Crippen LogP) is 3.65. The van der Waals surface area contributed by atoms with Crippen molar-refractivity contribution in [3.05, 3.63) is 57.0 Å². The summed E-state index contributed by atoms with van der Waals surface area (Å²) < 4.78 is 28.2. The van der Waals surface area contributed by atoms with E-state index in [1.54, 1.807) is 28.3 Å². The molecule has 6 nitrogen and oxygen atoms in total. The summed E-state index contributed by atoms with van der Waals surface area (Å²) in [4.78, 5) is 34.0. The van der Waals surface area contributed by atoms with Crippen LogP contribution in [-0.2, 0) is 24.2 Å². The van der Waals surface area contributed by atoms with Crippen molar-refractivity contribution in [1.82, 2.24) is 14.9 Å². The molecule has 0 radical (unpaired) electrons. The molecule has 1 aliphatic carbocycles. The quantitative estimate of drug-likeness (QED) is 0.595. The van der Waals surface area contributed by atoms with E-state index in [-0.39, 0.29) is 23.8 Å². The average molecular weight is 473 g/mol. The highest BCUT2D eigenvalue weighted by molar-refractivity contribution is 7.18. The second-order valence-corrected chi connectivity index (χ2v) is 9.97. The molecule has 1 unspecified atom stereocenters. The largest absolute Gasteiger partial charge is 0.371 e. The van der Waals surface area contributed by atoms with Gasteiger partial charge in [0.1, 0.15) is 4.83 Å². The van der Waals surface area contributed by atoms with Crippen LogP contribution >= 0.6 is 11.3 Å². The van der Waals surface area contributed by atoms with Gasteiger partial charge in [-0.15, -0.1) is 11.3 Å². The number of nitrogens with zero attached hydrogens (tertiary/aromatic N) is 3. The molecule has 33 heavy (non-hydrogen) atoms. The summed E-state index contributed by atoms with van der Waals surface area (Å²) in [7, 11) is 0. The molecule has 0 bridgehead atoms. The summed E-state index contributed by atoms with van der Waals surface area (Å²) in [5.41, 5.74) is 1.76. The second-order valence-electron chi connectivity index (χ2n) is 8.89. The molecule has 174 valence electrons. The van der Waals surface area contributed by atoms with Gasteiger partial charge >= 0.3 is 0 Å². The fourth-order valence-corrected chi connectivity index (χ4v) is 6.04. The number of hydrogen-bond donors (Lipinski definition) is 1. The molecule has 1 amide bonds. The van der Waals surface area contributed by atoms with E-state index in [9.17, 15) is 18.4 Å². The van der Waals surface area contributed by atoms with Crippen molar-refractivity contribution in [2.75, 3.05) is 24.5 Å². The smallest absolute Gasteiger partial charge is 0.262 e. The molecule has 0 spiro atoms. The van der Waals surface area contributed by atoms with Gasteiger partial charge < -0.3 is 10.2 Å². The van der Waals surface area contributed by atoms with Crippen LogP contribution in [0, 0.1) is 17.6 Å². The molecule has 0 saturated carbocycles. The van der Waals surface area contributed by atoms with E-state index in [1.807, 2.05) is 4.90 Å². The Hall–Kier alpha value is -2.81. The maximum absolute atomic E-state index is 13.5. The molecule has 3 heterocycles. The van der Waals surface area contributed by atoms with Crippen molar-refractivity contribution in [3.63, 3.8) is 0 Å². The van der Waals surface area contributed by atoms with E-state index in [0.717, 1.165) is 60.5 Å². The lowest BCUT2D eigenvalue weighted by Crippen LogP contribution is -2.32. The molecule has 1 fully saturated rings. The number of benzene rings is 1. The zero-order valence-corrected chi connectivity index (χ0v) is 19.1. The number of hydrogen-bond acceptors (Lipinski definition) is 5. The summed E-state index contributed by atoms with van der Waals surface area (Å²) in [5, 5.41) is 3.69. The second kappa shape index (κ2) is 9.21. The first-order valence-corrected chi connectivity index (χ1v) is 12.3. The van der Waals surface area contributed by atoms with Gasteiger partial charge in [-0.1, -0.05) is 0 Å². The topological polar surface area (TPSA) is 67.2 Å². The van der Waals surface area contributed by atoms with Gasteiger partial charge in [-0.05, 0) is 55.7 Å². The maximum Gasteiger partial charge on any atom is 0.262 e. The van der Waals surface area contributed by atoms with Crippen LogP contribution in [0.1, 0.15) is 36.1 Å². The standard InChI is InChI=1S/C24H26F2N4O2S/c25-18-6-5-16(11-19(18)26)29-9-7-15(13-29)12-27-21(31)8-10-30-14-28-23-22(24(30)32)17-3-1-2-4-20(17)33-23/h5-6,11,14-15H,1-4,7-10,12-13H2,(H,27,31). The van der Waals surface area contributed by atoms with Crippen molar-refractivity contribution >= 4 is 33.1 Å². The number of aryl methyl sites for hydroxylation is 3. The molecule has 1 atom stereocenters. The van der Waals surface area contributed by atoms with Crippen molar-refractivity contribution in [2.24, 2.45) is 5.92 Å². The van der Waals surface area contributed by atoms with Gasteiger partial charge in [0.05, 0.1) is 11.7 Å². The van der Waals surface area contributed by atoms with Crippen molar-refractivity contribution < 1.29 is 13.6 Å². The third kappa shape index (κ3) is 4.51. The summed E-state index contributed by atoms with van der Waals surface area (Å²) in [6.07, 6.45) is 6.84. The van der Waals surface area contributed by atoms with E-state index < -0.39 is 11.6 Å². The Labute approximate surface area is 194 Å². The van der Waals surface area contributed by atoms with Gasteiger partial charge in [0, 0.05) is 49.2 Å². The number of halogens is 2. The minimum Gasteiger partial charge on any atom is -0.371 e. The third-order valence-corrected chi connectivity index (χ3v) is 7.86. The Morgan fingerprint density at radius 3 is 2.91 bits per heavy atom. The third-order valence-electron chi connectivity index (χ3n) is 6.66. The summed E-state index contributed by atoms with van der Waals surface area (Å²) in [6.45, 7) is 2.22. The van der Waals surface area contributed by atoms with Crippen LogP contribution < -0.4 is 15.8 Å². The highest BCUT2D eigenvalue weighted by Gasteiger charge is 2.24. The van der Waals surface area contributed by atoms with Crippen molar-refractivity contribution in [1.29, 1.82) is 0 Å². The summed E-state index contributed by atoms with van der Waals surface area (Å²) >= 11 is 1.62. The monoisotopic (exact) mass is 472 g/mol. The minimum atomic E-state index is -0.853. The van der Waals surface area contributed by atoms with Crippen molar-refractivity contribution in [2.45, 2.75) is 45.1 Å².